The predicted molar refractivity (Wildman–Crippen MR) is 114 cm³/mol. The zero-order valence-corrected chi connectivity index (χ0v) is 16.8. The van der Waals surface area contributed by atoms with Gasteiger partial charge in [-0.1, -0.05) is 78.3 Å². The van der Waals surface area contributed by atoms with Crippen LogP contribution in [0.15, 0.2) is 78.9 Å². The number of hydrogen-bond acceptors (Lipinski definition) is 3. The summed E-state index contributed by atoms with van der Waals surface area (Å²) < 4.78 is 5.34. The molecule has 0 heterocycles. The van der Waals surface area contributed by atoms with Crippen molar-refractivity contribution in [1.82, 2.24) is 4.84 Å². The van der Waals surface area contributed by atoms with E-state index < -0.39 is 0 Å². The predicted octanol–water partition coefficient (Wildman–Crippen LogP) is 5.80. The monoisotopic (exact) mass is 413 g/mol. The Hall–Kier alpha value is -2.33. The highest BCUT2D eigenvalue weighted by molar-refractivity contribution is 6.30. The molecule has 0 unspecified atom stereocenters. The van der Waals surface area contributed by atoms with E-state index in [1.54, 1.807) is 0 Å². The van der Waals surface area contributed by atoms with Gasteiger partial charge in [0.2, 0.25) is 0 Å². The van der Waals surface area contributed by atoms with Crippen LogP contribution >= 0.6 is 23.4 Å². The molecule has 0 radical (unpaired) electrons. The van der Waals surface area contributed by atoms with E-state index in [-0.39, 0.29) is 25.0 Å². The van der Waals surface area contributed by atoms with Crippen LogP contribution in [0.4, 0.5) is 0 Å². The fourth-order valence-electron chi connectivity index (χ4n) is 2.93. The summed E-state index contributed by atoms with van der Waals surface area (Å²) in [7, 11) is 0. The van der Waals surface area contributed by atoms with Gasteiger partial charge >= 0.3 is 5.97 Å². The minimum atomic E-state index is -0.280. The molecule has 5 heteroatoms. The van der Waals surface area contributed by atoms with Crippen LogP contribution in [0.1, 0.15) is 17.5 Å². The van der Waals surface area contributed by atoms with Crippen LogP contribution in [0, 0.1) is 0 Å². The summed E-state index contributed by atoms with van der Waals surface area (Å²) in [6.07, 6.45) is 0.826. The lowest BCUT2D eigenvalue weighted by Crippen LogP contribution is -2.27. The molecule has 28 heavy (non-hydrogen) atoms. The molecule has 1 N–H and O–H groups in total. The lowest BCUT2D eigenvalue weighted by molar-refractivity contribution is -0.145. The average Bonchev–Trinajstić information content (AvgIpc) is 2.73. The first-order chi connectivity index (χ1) is 13.6. The summed E-state index contributed by atoms with van der Waals surface area (Å²) in [5.41, 5.74) is 4.20. The lowest BCUT2D eigenvalue weighted by atomic mass is 10.00. The van der Waals surface area contributed by atoms with Crippen molar-refractivity contribution in [2.75, 3.05) is 0 Å². The fourth-order valence-corrected chi connectivity index (χ4v) is 3.28. The van der Waals surface area contributed by atoms with Gasteiger partial charge in [-0.3, -0.25) is 4.79 Å². The van der Waals surface area contributed by atoms with Gasteiger partial charge in [-0.2, -0.15) is 0 Å². The Kier molecular flexibility index (Phi) is 7.49. The van der Waals surface area contributed by atoms with Crippen molar-refractivity contribution in [1.29, 1.82) is 0 Å². The highest BCUT2D eigenvalue weighted by atomic mass is 35.5. The van der Waals surface area contributed by atoms with Crippen molar-refractivity contribution in [3.05, 3.63) is 95.0 Å². The largest absolute Gasteiger partial charge is 0.461 e. The SMILES string of the molecule is O=C(C[C@@H](Cc1ccc(-c2cccc(Cl)c2)cc1)NCl)OCc1ccccc1. The van der Waals surface area contributed by atoms with E-state index in [1.807, 2.05) is 78.9 Å². The maximum atomic E-state index is 12.1. The average molecular weight is 414 g/mol. The molecule has 0 aliphatic carbocycles. The molecule has 0 saturated heterocycles. The highest BCUT2D eigenvalue weighted by Crippen LogP contribution is 2.23. The van der Waals surface area contributed by atoms with Crippen molar-refractivity contribution < 1.29 is 9.53 Å². The highest BCUT2D eigenvalue weighted by Gasteiger charge is 2.15. The quantitative estimate of drug-likeness (QED) is 0.374. The number of halogens is 2. The van der Waals surface area contributed by atoms with Crippen molar-refractivity contribution in [2.24, 2.45) is 0 Å². The normalized spacial score (nSPS) is 11.8. The number of rotatable bonds is 8. The molecule has 3 aromatic rings. The summed E-state index contributed by atoms with van der Waals surface area (Å²) in [4.78, 5) is 14.8. The first-order valence-electron chi connectivity index (χ1n) is 9.04. The molecule has 1 atom stereocenters. The topological polar surface area (TPSA) is 38.3 Å². The fraction of sp³-hybridized carbons (Fsp3) is 0.174. The second-order valence-corrected chi connectivity index (χ2v) is 7.22. The van der Waals surface area contributed by atoms with E-state index in [0.29, 0.717) is 11.4 Å². The van der Waals surface area contributed by atoms with Gasteiger partial charge in [-0.25, -0.2) is 4.84 Å². The van der Waals surface area contributed by atoms with E-state index in [9.17, 15) is 4.79 Å². The summed E-state index contributed by atoms with van der Waals surface area (Å²) in [5.74, 6) is -0.280. The van der Waals surface area contributed by atoms with Crippen molar-refractivity contribution in [3.8, 4) is 11.1 Å². The maximum Gasteiger partial charge on any atom is 0.307 e. The van der Waals surface area contributed by atoms with Gasteiger partial charge < -0.3 is 4.74 Å². The maximum absolute atomic E-state index is 12.1. The van der Waals surface area contributed by atoms with E-state index >= 15 is 0 Å². The number of ether oxygens (including phenoxy) is 1. The molecule has 0 aromatic heterocycles. The number of carbonyl (C=O) groups excluding carboxylic acids is 1. The van der Waals surface area contributed by atoms with E-state index in [0.717, 1.165) is 22.3 Å². The van der Waals surface area contributed by atoms with Gasteiger partial charge in [-0.05, 0) is 52.6 Å². The van der Waals surface area contributed by atoms with E-state index in [4.69, 9.17) is 28.1 Å². The summed E-state index contributed by atoms with van der Waals surface area (Å²) in [5, 5.41) is 0.710. The molecule has 0 aliphatic heterocycles. The molecule has 0 saturated carbocycles. The van der Waals surface area contributed by atoms with Gasteiger partial charge in [0.15, 0.2) is 0 Å². The molecule has 0 amide bonds. The van der Waals surface area contributed by atoms with Crippen LogP contribution < -0.4 is 4.84 Å². The van der Waals surface area contributed by atoms with Crippen molar-refractivity contribution in [3.63, 3.8) is 0 Å². The van der Waals surface area contributed by atoms with Crippen molar-refractivity contribution in [2.45, 2.75) is 25.5 Å². The molecule has 3 aromatic carbocycles. The van der Waals surface area contributed by atoms with Crippen LogP contribution in [0.2, 0.25) is 5.02 Å². The Labute approximate surface area is 175 Å². The molecule has 3 nitrogen and oxygen atoms in total. The second-order valence-electron chi connectivity index (χ2n) is 6.57. The molecule has 0 aliphatic rings. The smallest absolute Gasteiger partial charge is 0.307 e. The summed E-state index contributed by atoms with van der Waals surface area (Å²) in [6, 6.07) is 25.3. The first kappa shape index (κ1) is 20.4. The minimum Gasteiger partial charge on any atom is -0.461 e. The van der Waals surface area contributed by atoms with Gasteiger partial charge in [0.1, 0.15) is 6.61 Å². The Balaban J connectivity index is 1.54. The van der Waals surface area contributed by atoms with Crippen LogP contribution in [-0.4, -0.2) is 12.0 Å². The lowest BCUT2D eigenvalue weighted by Gasteiger charge is -2.15. The summed E-state index contributed by atoms with van der Waals surface area (Å²) in [6.45, 7) is 0.267. The molecule has 0 bridgehead atoms. The van der Waals surface area contributed by atoms with E-state index in [1.165, 1.54) is 0 Å². The van der Waals surface area contributed by atoms with Crippen molar-refractivity contribution >= 4 is 29.3 Å². The molecule has 144 valence electrons. The van der Waals surface area contributed by atoms with E-state index in [2.05, 4.69) is 4.84 Å². The van der Waals surface area contributed by atoms with Crippen LogP contribution in [-0.2, 0) is 22.6 Å². The Morgan fingerprint density at radius 2 is 1.64 bits per heavy atom. The Morgan fingerprint density at radius 3 is 2.32 bits per heavy atom. The minimum absolute atomic E-state index is 0.201. The van der Waals surface area contributed by atoms with Gasteiger partial charge in [-0.15, -0.1) is 0 Å². The third-order valence-corrected chi connectivity index (χ3v) is 4.95. The number of benzene rings is 3. The molecule has 0 fully saturated rings. The standard InChI is InChI=1S/C23H21Cl2NO2/c24-21-8-4-7-20(14-21)19-11-9-17(10-12-19)13-22(26-25)15-23(27)28-16-18-5-2-1-3-6-18/h1-12,14,22,26H,13,15-16H2/t22-/m1/s1. The number of nitrogens with one attached hydrogen (secondary N) is 1. The second kappa shape index (κ2) is 10.3. The van der Waals surface area contributed by atoms with Gasteiger partial charge in [0.25, 0.3) is 0 Å². The molecular weight excluding hydrogens is 393 g/mol. The number of hydrogen-bond donors (Lipinski definition) is 1. The van der Waals surface area contributed by atoms with Crippen LogP contribution in [0.5, 0.6) is 0 Å². The summed E-state index contributed by atoms with van der Waals surface area (Å²) >= 11 is 11.9. The van der Waals surface area contributed by atoms with Gasteiger partial charge in [0, 0.05) is 11.1 Å². The third-order valence-electron chi connectivity index (χ3n) is 4.40. The Morgan fingerprint density at radius 1 is 0.893 bits per heavy atom. The van der Waals surface area contributed by atoms with Gasteiger partial charge in [0.05, 0.1) is 6.42 Å². The third kappa shape index (κ3) is 6.10. The first-order valence-corrected chi connectivity index (χ1v) is 9.80. The number of esters is 1. The number of carbonyl (C=O) groups is 1. The molecular formula is C23H21Cl2NO2. The molecule has 3 rings (SSSR count). The van der Waals surface area contributed by atoms with Crippen LogP contribution in [0.25, 0.3) is 11.1 Å². The Bertz CT molecular complexity index is 898. The zero-order valence-electron chi connectivity index (χ0n) is 15.3. The zero-order chi connectivity index (χ0) is 19.8. The van der Waals surface area contributed by atoms with Crippen LogP contribution in [0.3, 0.4) is 0 Å². The molecule has 0 spiro atoms.